The van der Waals surface area contributed by atoms with E-state index in [1.165, 1.54) is 16.5 Å². The smallest absolute Gasteiger partial charge is 0.403 e. The van der Waals surface area contributed by atoms with E-state index >= 15 is 0 Å². The van der Waals surface area contributed by atoms with Crippen molar-refractivity contribution >= 4 is 18.0 Å². The molecular formula is C19H28BNO2. The van der Waals surface area contributed by atoms with Crippen LogP contribution in [0.25, 0.3) is 10.9 Å². The Balaban J connectivity index is 1.85. The zero-order chi connectivity index (χ0) is 16.8. The van der Waals surface area contributed by atoms with Crippen molar-refractivity contribution in [3.05, 3.63) is 36.0 Å². The third-order valence-electron chi connectivity index (χ3n) is 5.64. The third kappa shape index (κ3) is 2.83. The molecule has 1 aromatic heterocycles. The fourth-order valence-corrected chi connectivity index (χ4v) is 3.38. The summed E-state index contributed by atoms with van der Waals surface area (Å²) in [7, 11) is 1.98. The largest absolute Gasteiger partial charge is 0.461 e. The van der Waals surface area contributed by atoms with Crippen molar-refractivity contribution in [3.8, 4) is 0 Å². The highest BCUT2D eigenvalue weighted by molar-refractivity contribution is 6.47. The van der Waals surface area contributed by atoms with Crippen molar-refractivity contribution in [2.24, 2.45) is 7.05 Å². The summed E-state index contributed by atoms with van der Waals surface area (Å²) >= 11 is 0. The molecule has 3 nitrogen and oxygen atoms in total. The molecule has 0 N–H and O–H groups in total. The topological polar surface area (TPSA) is 23.4 Å². The molecule has 0 spiro atoms. The summed E-state index contributed by atoms with van der Waals surface area (Å²) in [5.74, 6) is 0.363. The molecule has 1 unspecified atom stereocenters. The molecule has 3 rings (SSSR count). The van der Waals surface area contributed by atoms with E-state index in [2.05, 4.69) is 76.7 Å². The zero-order valence-electron chi connectivity index (χ0n) is 15.2. The standard InChI is InChI=1S/C19H28BNO2/c1-7-15(20-22-18(2,3)19(4,5)23-20)12-14-13-21(6)17-11-9-8-10-16(14)17/h8-11,13,15H,7,12H2,1-6H3. The SMILES string of the molecule is CCC(Cc1cn(C)c2ccccc12)B1OC(C)(C)C(C)(C)O1. The molecule has 0 amide bonds. The second-order valence-electron chi connectivity index (χ2n) is 7.78. The van der Waals surface area contributed by atoms with Crippen molar-refractivity contribution in [3.63, 3.8) is 0 Å². The number of fused-ring (bicyclic) bond motifs is 1. The molecule has 1 saturated heterocycles. The molecule has 124 valence electrons. The van der Waals surface area contributed by atoms with E-state index in [1.807, 2.05) is 0 Å². The van der Waals surface area contributed by atoms with E-state index in [0.717, 1.165) is 12.8 Å². The van der Waals surface area contributed by atoms with Crippen molar-refractivity contribution in [2.45, 2.75) is 64.5 Å². The minimum absolute atomic E-state index is 0.135. The molecule has 23 heavy (non-hydrogen) atoms. The highest BCUT2D eigenvalue weighted by Gasteiger charge is 2.53. The highest BCUT2D eigenvalue weighted by atomic mass is 16.7. The molecule has 1 atom stereocenters. The lowest BCUT2D eigenvalue weighted by Gasteiger charge is -2.32. The van der Waals surface area contributed by atoms with Gasteiger partial charge in [-0.2, -0.15) is 0 Å². The molecule has 0 aliphatic carbocycles. The van der Waals surface area contributed by atoms with Gasteiger partial charge in [0.05, 0.1) is 11.2 Å². The van der Waals surface area contributed by atoms with E-state index in [4.69, 9.17) is 9.31 Å². The molecule has 1 aliphatic heterocycles. The number of rotatable bonds is 4. The van der Waals surface area contributed by atoms with Crippen LogP contribution in [0.5, 0.6) is 0 Å². The fourth-order valence-electron chi connectivity index (χ4n) is 3.38. The third-order valence-corrected chi connectivity index (χ3v) is 5.64. The van der Waals surface area contributed by atoms with E-state index in [9.17, 15) is 0 Å². The lowest BCUT2D eigenvalue weighted by Crippen LogP contribution is -2.41. The number of hydrogen-bond donors (Lipinski definition) is 0. The van der Waals surface area contributed by atoms with Gasteiger partial charge in [0.1, 0.15) is 0 Å². The summed E-state index contributed by atoms with van der Waals surface area (Å²) in [5, 5.41) is 1.34. The predicted molar refractivity (Wildman–Crippen MR) is 96.7 cm³/mol. The van der Waals surface area contributed by atoms with Crippen LogP contribution in [0, 0.1) is 0 Å². The molecule has 1 fully saturated rings. The van der Waals surface area contributed by atoms with Crippen molar-refractivity contribution in [2.75, 3.05) is 0 Å². The van der Waals surface area contributed by atoms with Gasteiger partial charge in [0.25, 0.3) is 0 Å². The van der Waals surface area contributed by atoms with Gasteiger partial charge < -0.3 is 13.9 Å². The first-order valence-electron chi connectivity index (χ1n) is 8.64. The fraction of sp³-hybridized carbons (Fsp3) is 0.579. The normalized spacial score (nSPS) is 21.0. The Bertz CT molecular complexity index is 688. The van der Waals surface area contributed by atoms with Gasteiger partial charge in [-0.15, -0.1) is 0 Å². The summed E-state index contributed by atoms with van der Waals surface area (Å²) in [5.41, 5.74) is 2.14. The van der Waals surface area contributed by atoms with Crippen LogP contribution >= 0.6 is 0 Å². The Hall–Kier alpha value is -1.26. The summed E-state index contributed by atoms with van der Waals surface area (Å²) in [4.78, 5) is 0. The van der Waals surface area contributed by atoms with Crippen LogP contribution in [0.2, 0.25) is 5.82 Å². The average Bonchev–Trinajstić information content (AvgIpc) is 2.91. The van der Waals surface area contributed by atoms with E-state index in [1.54, 1.807) is 0 Å². The maximum Gasteiger partial charge on any atom is 0.461 e. The molecule has 1 aliphatic rings. The molecule has 0 bridgehead atoms. The number of aromatic nitrogens is 1. The molecule has 2 aromatic rings. The summed E-state index contributed by atoms with van der Waals surface area (Å²) in [6.45, 7) is 10.7. The Morgan fingerprint density at radius 2 is 1.70 bits per heavy atom. The van der Waals surface area contributed by atoms with Crippen molar-refractivity contribution in [1.29, 1.82) is 0 Å². The van der Waals surface area contributed by atoms with Crippen molar-refractivity contribution in [1.82, 2.24) is 4.57 Å². The maximum absolute atomic E-state index is 6.28. The second kappa shape index (κ2) is 5.68. The molecule has 0 radical (unpaired) electrons. The van der Waals surface area contributed by atoms with E-state index in [0.29, 0.717) is 5.82 Å². The number of benzene rings is 1. The molecule has 0 saturated carbocycles. The van der Waals surface area contributed by atoms with Gasteiger partial charge in [0.15, 0.2) is 0 Å². The predicted octanol–water partition coefficient (Wildman–Crippen LogP) is 4.59. The number of aryl methyl sites for hydroxylation is 1. The van der Waals surface area contributed by atoms with E-state index in [-0.39, 0.29) is 18.3 Å². The lowest BCUT2D eigenvalue weighted by atomic mass is 9.67. The second-order valence-corrected chi connectivity index (χ2v) is 7.78. The van der Waals surface area contributed by atoms with Gasteiger partial charge in [0.2, 0.25) is 0 Å². The Morgan fingerprint density at radius 1 is 1.09 bits per heavy atom. The van der Waals surface area contributed by atoms with Crippen LogP contribution in [-0.4, -0.2) is 22.9 Å². The molecule has 4 heteroatoms. The first-order chi connectivity index (χ1) is 10.7. The van der Waals surface area contributed by atoms with Crippen LogP contribution in [0.1, 0.15) is 46.6 Å². The van der Waals surface area contributed by atoms with Crippen LogP contribution in [0.3, 0.4) is 0 Å². The van der Waals surface area contributed by atoms with E-state index < -0.39 is 0 Å². The van der Waals surface area contributed by atoms with Crippen LogP contribution < -0.4 is 0 Å². The van der Waals surface area contributed by atoms with Gasteiger partial charge in [-0.25, -0.2) is 0 Å². The average molecular weight is 313 g/mol. The Morgan fingerprint density at radius 3 is 2.30 bits per heavy atom. The first-order valence-corrected chi connectivity index (χ1v) is 8.64. The van der Waals surface area contributed by atoms with Crippen LogP contribution in [0.15, 0.2) is 30.5 Å². The maximum atomic E-state index is 6.28. The minimum Gasteiger partial charge on any atom is -0.403 e. The Labute approximate surface area is 140 Å². The molecule has 2 heterocycles. The van der Waals surface area contributed by atoms with Gasteiger partial charge >= 0.3 is 7.12 Å². The monoisotopic (exact) mass is 313 g/mol. The molecule has 1 aromatic carbocycles. The van der Waals surface area contributed by atoms with Gasteiger partial charge in [-0.3, -0.25) is 0 Å². The van der Waals surface area contributed by atoms with Crippen LogP contribution in [-0.2, 0) is 22.8 Å². The Kier molecular flexibility index (Phi) is 4.10. The molecular weight excluding hydrogens is 285 g/mol. The van der Waals surface area contributed by atoms with Gasteiger partial charge in [-0.1, -0.05) is 31.5 Å². The van der Waals surface area contributed by atoms with Crippen molar-refractivity contribution < 1.29 is 9.31 Å². The number of hydrogen-bond acceptors (Lipinski definition) is 2. The lowest BCUT2D eigenvalue weighted by molar-refractivity contribution is 0.00578. The van der Waals surface area contributed by atoms with Crippen LogP contribution in [0.4, 0.5) is 0 Å². The summed E-state index contributed by atoms with van der Waals surface area (Å²) in [6, 6.07) is 8.59. The number of nitrogens with zero attached hydrogens (tertiary/aromatic N) is 1. The van der Waals surface area contributed by atoms with Gasteiger partial charge in [0, 0.05) is 24.1 Å². The van der Waals surface area contributed by atoms with Gasteiger partial charge in [-0.05, 0) is 51.6 Å². The number of para-hydroxylation sites is 1. The quantitative estimate of drug-likeness (QED) is 0.771. The summed E-state index contributed by atoms with van der Waals surface area (Å²) < 4.78 is 14.8. The first kappa shape index (κ1) is 16.6. The zero-order valence-corrected chi connectivity index (χ0v) is 15.2. The highest BCUT2D eigenvalue weighted by Crippen LogP contribution is 2.42. The summed E-state index contributed by atoms with van der Waals surface area (Å²) in [6.07, 6.45) is 4.27. The minimum atomic E-state index is -0.260.